The maximum absolute atomic E-state index is 11.5. The third-order valence-corrected chi connectivity index (χ3v) is 5.68. The van der Waals surface area contributed by atoms with Gasteiger partial charge in [-0.15, -0.1) is 0 Å². The molecule has 3 heterocycles. The monoisotopic (exact) mass is 423 g/mol. The van der Waals surface area contributed by atoms with Crippen molar-refractivity contribution < 1.29 is 4.79 Å². The third kappa shape index (κ3) is 4.08. The lowest BCUT2D eigenvalue weighted by Gasteiger charge is -2.31. The van der Waals surface area contributed by atoms with Gasteiger partial charge < -0.3 is 15.6 Å². The molecule has 0 saturated carbocycles. The number of hydrogen-bond donors (Lipinski definition) is 3. The van der Waals surface area contributed by atoms with Gasteiger partial charge in [-0.25, -0.2) is 9.97 Å². The van der Waals surface area contributed by atoms with E-state index in [4.69, 9.17) is 11.6 Å². The van der Waals surface area contributed by atoms with Gasteiger partial charge in [0.25, 0.3) is 0 Å². The number of piperidine rings is 1. The van der Waals surface area contributed by atoms with Crippen LogP contribution in [0.15, 0.2) is 30.6 Å². The summed E-state index contributed by atoms with van der Waals surface area (Å²) in [5, 5.41) is 16.7. The first-order valence-electron chi connectivity index (χ1n) is 9.81. The van der Waals surface area contributed by atoms with Crippen LogP contribution in [0, 0.1) is 11.3 Å². The molecule has 2 aromatic heterocycles. The highest BCUT2D eigenvalue weighted by molar-refractivity contribution is 6.33. The van der Waals surface area contributed by atoms with E-state index in [1.54, 1.807) is 19.3 Å². The minimum absolute atomic E-state index is 0.0328. The number of nitriles is 1. The molecule has 9 heteroatoms. The van der Waals surface area contributed by atoms with E-state index in [2.05, 4.69) is 36.6 Å². The average Bonchev–Trinajstić information content (AvgIpc) is 3.20. The number of hydrogen-bond acceptors (Lipinski definition) is 6. The Morgan fingerprint density at radius 3 is 2.93 bits per heavy atom. The van der Waals surface area contributed by atoms with E-state index in [1.165, 1.54) is 0 Å². The number of halogens is 1. The molecular weight excluding hydrogens is 402 g/mol. The van der Waals surface area contributed by atoms with Crippen LogP contribution in [0.2, 0.25) is 5.02 Å². The topological polar surface area (TPSA) is 110 Å². The summed E-state index contributed by atoms with van der Waals surface area (Å²) >= 11 is 6.41. The Morgan fingerprint density at radius 2 is 2.20 bits per heavy atom. The van der Waals surface area contributed by atoms with Gasteiger partial charge in [0, 0.05) is 43.3 Å². The van der Waals surface area contributed by atoms with Gasteiger partial charge in [-0.1, -0.05) is 23.7 Å². The largest absolute Gasteiger partial charge is 0.359 e. The van der Waals surface area contributed by atoms with Crippen LogP contribution < -0.4 is 10.6 Å². The van der Waals surface area contributed by atoms with Gasteiger partial charge in [0.1, 0.15) is 6.07 Å². The smallest absolute Gasteiger partial charge is 0.233 e. The molecule has 0 unspecified atom stereocenters. The number of para-hydroxylation sites is 1. The zero-order chi connectivity index (χ0) is 21.1. The Kier molecular flexibility index (Phi) is 5.84. The number of nitrogens with zero attached hydrogens (tertiary/aromatic N) is 4. The molecule has 3 N–H and O–H groups in total. The number of aromatic nitrogens is 3. The molecule has 30 heavy (non-hydrogen) atoms. The quantitative estimate of drug-likeness (QED) is 0.582. The number of carbonyl (C=O) groups excluding carboxylic acids is 1. The van der Waals surface area contributed by atoms with Crippen molar-refractivity contribution in [3.05, 3.63) is 41.2 Å². The first kappa shape index (κ1) is 20.1. The lowest BCUT2D eigenvalue weighted by atomic mass is 10.1. The van der Waals surface area contributed by atoms with Crippen molar-refractivity contribution in [1.29, 1.82) is 5.26 Å². The Balaban J connectivity index is 1.51. The number of fused-ring (bicyclic) bond motifs is 1. The van der Waals surface area contributed by atoms with Crippen LogP contribution >= 0.6 is 11.6 Å². The highest BCUT2D eigenvalue weighted by Gasteiger charge is 2.22. The fraction of sp³-hybridized carbons (Fsp3) is 0.333. The Hall–Kier alpha value is -3.15. The molecule has 3 aromatic rings. The Morgan fingerprint density at radius 1 is 1.40 bits per heavy atom. The summed E-state index contributed by atoms with van der Waals surface area (Å²) in [6, 6.07) is 7.98. The van der Waals surface area contributed by atoms with Gasteiger partial charge in [-0.2, -0.15) is 5.26 Å². The lowest BCUT2D eigenvalue weighted by Crippen LogP contribution is -2.43. The molecule has 0 aliphatic carbocycles. The average molecular weight is 424 g/mol. The minimum Gasteiger partial charge on any atom is -0.359 e. The summed E-state index contributed by atoms with van der Waals surface area (Å²) in [6.07, 6.45) is 5.22. The van der Waals surface area contributed by atoms with E-state index < -0.39 is 0 Å². The van der Waals surface area contributed by atoms with Crippen molar-refractivity contribution >= 4 is 34.4 Å². The molecule has 8 nitrogen and oxygen atoms in total. The minimum atomic E-state index is 0.0328. The predicted molar refractivity (Wildman–Crippen MR) is 116 cm³/mol. The number of likely N-dealkylation sites (N-methyl/N-ethyl adjacent to an activating group) is 1. The van der Waals surface area contributed by atoms with E-state index in [9.17, 15) is 10.1 Å². The number of benzene rings is 1. The van der Waals surface area contributed by atoms with Crippen LogP contribution in [0.25, 0.3) is 22.2 Å². The summed E-state index contributed by atoms with van der Waals surface area (Å²) in [6.45, 7) is 2.10. The molecule has 1 aromatic carbocycles. The standard InChI is InChI=1S/C21H22ClN7O/c1-24-18(30)12-29-7-5-14(6-8-29)27-21-26-11-17(22)20(28-21)16-10-25-19-13(9-23)3-2-4-15(16)19/h2-4,10-11,14,25H,5-8,12H2,1H3,(H,24,30)(H,26,27,28). The maximum atomic E-state index is 11.5. The van der Waals surface area contributed by atoms with E-state index in [0.29, 0.717) is 28.8 Å². The highest BCUT2D eigenvalue weighted by Crippen LogP contribution is 2.33. The number of rotatable bonds is 5. The normalized spacial score (nSPS) is 15.1. The van der Waals surface area contributed by atoms with E-state index in [1.807, 2.05) is 18.3 Å². The third-order valence-electron chi connectivity index (χ3n) is 5.40. The molecular formula is C21H22ClN7O. The van der Waals surface area contributed by atoms with Crippen LogP contribution in [0.5, 0.6) is 0 Å². The van der Waals surface area contributed by atoms with Crippen LogP contribution in [0.1, 0.15) is 18.4 Å². The highest BCUT2D eigenvalue weighted by atomic mass is 35.5. The summed E-state index contributed by atoms with van der Waals surface area (Å²) in [4.78, 5) is 25.9. The number of H-pyrrole nitrogens is 1. The van der Waals surface area contributed by atoms with E-state index in [-0.39, 0.29) is 11.9 Å². The van der Waals surface area contributed by atoms with Crippen molar-refractivity contribution in [1.82, 2.24) is 25.2 Å². The molecule has 0 bridgehead atoms. The second kappa shape index (κ2) is 8.69. The predicted octanol–water partition coefficient (Wildman–Crippen LogP) is 2.77. The SMILES string of the molecule is CNC(=O)CN1CCC(Nc2ncc(Cl)c(-c3c[nH]c4c(C#N)cccc34)n2)CC1. The number of carbonyl (C=O) groups is 1. The summed E-state index contributed by atoms with van der Waals surface area (Å²) in [5.41, 5.74) is 2.79. The number of amides is 1. The first-order valence-corrected chi connectivity index (χ1v) is 10.2. The molecule has 1 amide bonds. The number of nitrogens with one attached hydrogen (secondary N) is 3. The van der Waals surface area contributed by atoms with Gasteiger partial charge in [0.05, 0.1) is 34.5 Å². The van der Waals surface area contributed by atoms with Crippen molar-refractivity contribution in [2.24, 2.45) is 0 Å². The zero-order valence-corrected chi connectivity index (χ0v) is 17.3. The van der Waals surface area contributed by atoms with Crippen LogP contribution in [-0.4, -0.2) is 58.5 Å². The molecule has 154 valence electrons. The lowest BCUT2D eigenvalue weighted by molar-refractivity contribution is -0.122. The fourth-order valence-electron chi connectivity index (χ4n) is 3.77. The van der Waals surface area contributed by atoms with Crippen LogP contribution in [0.4, 0.5) is 5.95 Å². The molecule has 0 spiro atoms. The Labute approximate surface area is 179 Å². The van der Waals surface area contributed by atoms with E-state index >= 15 is 0 Å². The molecule has 0 atom stereocenters. The maximum Gasteiger partial charge on any atom is 0.233 e. The first-order chi connectivity index (χ1) is 14.6. The second-order valence-corrected chi connectivity index (χ2v) is 7.71. The summed E-state index contributed by atoms with van der Waals surface area (Å²) in [7, 11) is 1.65. The summed E-state index contributed by atoms with van der Waals surface area (Å²) in [5.74, 6) is 0.551. The Bertz CT molecular complexity index is 1110. The van der Waals surface area contributed by atoms with Gasteiger partial charge in [-0.3, -0.25) is 9.69 Å². The van der Waals surface area contributed by atoms with Crippen LogP contribution in [0.3, 0.4) is 0 Å². The molecule has 1 saturated heterocycles. The molecule has 0 radical (unpaired) electrons. The van der Waals surface area contributed by atoms with Crippen molar-refractivity contribution in [2.75, 3.05) is 32.0 Å². The zero-order valence-electron chi connectivity index (χ0n) is 16.6. The van der Waals surface area contributed by atoms with Crippen molar-refractivity contribution in [3.8, 4) is 17.3 Å². The van der Waals surface area contributed by atoms with Gasteiger partial charge in [-0.05, 0) is 18.9 Å². The second-order valence-electron chi connectivity index (χ2n) is 7.30. The van der Waals surface area contributed by atoms with Gasteiger partial charge >= 0.3 is 0 Å². The molecule has 1 aliphatic rings. The number of anilines is 1. The van der Waals surface area contributed by atoms with Crippen molar-refractivity contribution in [2.45, 2.75) is 18.9 Å². The fourth-order valence-corrected chi connectivity index (χ4v) is 3.96. The molecule has 1 fully saturated rings. The molecule has 1 aliphatic heterocycles. The van der Waals surface area contributed by atoms with Gasteiger partial charge in [0.2, 0.25) is 11.9 Å². The number of aromatic amines is 1. The van der Waals surface area contributed by atoms with E-state index in [0.717, 1.165) is 42.4 Å². The molecule has 4 rings (SSSR count). The van der Waals surface area contributed by atoms with Crippen molar-refractivity contribution in [3.63, 3.8) is 0 Å². The van der Waals surface area contributed by atoms with Crippen LogP contribution in [-0.2, 0) is 4.79 Å². The van der Waals surface area contributed by atoms with Gasteiger partial charge in [0.15, 0.2) is 0 Å². The number of likely N-dealkylation sites (tertiary alicyclic amines) is 1. The summed E-state index contributed by atoms with van der Waals surface area (Å²) < 4.78 is 0.